The molecule has 1 aromatic rings. The van der Waals surface area contributed by atoms with Gasteiger partial charge in [0.15, 0.2) is 0 Å². The maximum Gasteiger partial charge on any atom is 0.120 e. The fourth-order valence-corrected chi connectivity index (χ4v) is 1.42. The molecule has 0 saturated heterocycles. The summed E-state index contributed by atoms with van der Waals surface area (Å²) in [7, 11) is 1.95. The average molecular weight is 248 g/mol. The molecule has 0 aliphatic rings. The standard InChI is InChI=1S/C14H20N2O2/c1-16(8-10-17)9-11-18-14-6-2-4-13(12-14)5-3-7-15/h2,4,6,12,17H,7-11,15H2,1H3. The van der Waals surface area contributed by atoms with Crippen molar-refractivity contribution in [2.75, 3.05) is 39.9 Å². The van der Waals surface area contributed by atoms with E-state index in [1.807, 2.05) is 36.2 Å². The molecule has 0 fully saturated rings. The number of nitrogens with zero attached hydrogens (tertiary/aromatic N) is 1. The second-order valence-corrected chi connectivity index (χ2v) is 3.91. The minimum Gasteiger partial charge on any atom is -0.492 e. The third-order valence-corrected chi connectivity index (χ3v) is 2.39. The van der Waals surface area contributed by atoms with Crippen molar-refractivity contribution in [3.8, 4) is 17.6 Å². The molecular formula is C14H20N2O2. The van der Waals surface area contributed by atoms with E-state index in [0.29, 0.717) is 19.7 Å². The predicted octanol–water partition coefficient (Wildman–Crippen LogP) is 0.300. The number of rotatable bonds is 6. The minimum absolute atomic E-state index is 0.167. The molecule has 4 heteroatoms. The Morgan fingerprint density at radius 1 is 1.39 bits per heavy atom. The van der Waals surface area contributed by atoms with Crippen molar-refractivity contribution >= 4 is 0 Å². The number of aliphatic hydroxyl groups is 1. The summed E-state index contributed by atoms with van der Waals surface area (Å²) in [6.45, 7) is 2.55. The first-order valence-corrected chi connectivity index (χ1v) is 5.97. The van der Waals surface area contributed by atoms with Crippen LogP contribution in [0.3, 0.4) is 0 Å². The predicted molar refractivity (Wildman–Crippen MR) is 72.5 cm³/mol. The van der Waals surface area contributed by atoms with Gasteiger partial charge in [0.1, 0.15) is 12.4 Å². The van der Waals surface area contributed by atoms with E-state index >= 15 is 0 Å². The lowest BCUT2D eigenvalue weighted by Gasteiger charge is -2.15. The Bertz CT molecular complexity index is 410. The van der Waals surface area contributed by atoms with Crippen LogP contribution in [0.4, 0.5) is 0 Å². The molecule has 0 aliphatic carbocycles. The van der Waals surface area contributed by atoms with Crippen molar-refractivity contribution in [2.45, 2.75) is 0 Å². The molecule has 0 bridgehead atoms. The molecule has 0 aliphatic heterocycles. The topological polar surface area (TPSA) is 58.7 Å². The van der Waals surface area contributed by atoms with E-state index in [0.717, 1.165) is 17.9 Å². The van der Waals surface area contributed by atoms with Crippen LogP contribution in [-0.4, -0.2) is 49.9 Å². The molecule has 0 heterocycles. The maximum absolute atomic E-state index is 8.76. The monoisotopic (exact) mass is 248 g/mol. The van der Waals surface area contributed by atoms with Gasteiger partial charge in [-0.15, -0.1) is 0 Å². The van der Waals surface area contributed by atoms with Gasteiger partial charge in [0.25, 0.3) is 0 Å². The smallest absolute Gasteiger partial charge is 0.120 e. The van der Waals surface area contributed by atoms with Crippen LogP contribution in [0.15, 0.2) is 24.3 Å². The van der Waals surface area contributed by atoms with Crippen molar-refractivity contribution < 1.29 is 9.84 Å². The van der Waals surface area contributed by atoms with Gasteiger partial charge in [-0.1, -0.05) is 17.9 Å². The second kappa shape index (κ2) is 8.54. The molecule has 0 amide bonds. The molecule has 3 N–H and O–H groups in total. The van der Waals surface area contributed by atoms with Crippen LogP contribution in [0.1, 0.15) is 5.56 Å². The first-order valence-electron chi connectivity index (χ1n) is 5.97. The Hall–Kier alpha value is -1.54. The Kier molecular flexibility index (Phi) is 6.89. The van der Waals surface area contributed by atoms with Crippen molar-refractivity contribution in [1.82, 2.24) is 4.90 Å². The molecule has 0 spiro atoms. The quantitative estimate of drug-likeness (QED) is 0.711. The summed E-state index contributed by atoms with van der Waals surface area (Å²) >= 11 is 0. The first-order chi connectivity index (χ1) is 8.76. The maximum atomic E-state index is 8.76. The van der Waals surface area contributed by atoms with Gasteiger partial charge >= 0.3 is 0 Å². The van der Waals surface area contributed by atoms with Gasteiger partial charge in [0.2, 0.25) is 0 Å². The van der Waals surface area contributed by atoms with Gasteiger partial charge in [-0.3, -0.25) is 0 Å². The van der Waals surface area contributed by atoms with E-state index in [2.05, 4.69) is 11.8 Å². The fourth-order valence-electron chi connectivity index (χ4n) is 1.42. The van der Waals surface area contributed by atoms with Crippen LogP contribution in [0.5, 0.6) is 5.75 Å². The molecule has 0 radical (unpaired) electrons. The summed E-state index contributed by atoms with van der Waals surface area (Å²) < 4.78 is 5.62. The highest BCUT2D eigenvalue weighted by atomic mass is 16.5. The number of benzene rings is 1. The van der Waals surface area contributed by atoms with E-state index in [1.165, 1.54) is 0 Å². The van der Waals surface area contributed by atoms with Gasteiger partial charge in [0, 0.05) is 18.7 Å². The minimum atomic E-state index is 0.167. The summed E-state index contributed by atoms with van der Waals surface area (Å²) in [5.41, 5.74) is 6.23. The summed E-state index contributed by atoms with van der Waals surface area (Å²) in [6, 6.07) is 7.63. The van der Waals surface area contributed by atoms with Crippen LogP contribution in [0.25, 0.3) is 0 Å². The third-order valence-electron chi connectivity index (χ3n) is 2.39. The molecule has 4 nitrogen and oxygen atoms in total. The molecule has 1 rings (SSSR count). The Morgan fingerprint density at radius 3 is 2.94 bits per heavy atom. The highest BCUT2D eigenvalue weighted by Gasteiger charge is 1.98. The molecule has 0 unspecified atom stereocenters. The van der Waals surface area contributed by atoms with Crippen molar-refractivity contribution in [3.05, 3.63) is 29.8 Å². The van der Waals surface area contributed by atoms with Crippen LogP contribution in [0.2, 0.25) is 0 Å². The van der Waals surface area contributed by atoms with Crippen LogP contribution >= 0.6 is 0 Å². The molecule has 98 valence electrons. The average Bonchev–Trinajstić information content (AvgIpc) is 2.37. The van der Waals surface area contributed by atoms with Crippen LogP contribution < -0.4 is 10.5 Å². The van der Waals surface area contributed by atoms with Crippen molar-refractivity contribution in [1.29, 1.82) is 0 Å². The molecule has 1 aromatic carbocycles. The highest BCUT2D eigenvalue weighted by molar-refractivity contribution is 5.39. The number of hydrogen-bond acceptors (Lipinski definition) is 4. The lowest BCUT2D eigenvalue weighted by molar-refractivity contribution is 0.192. The zero-order chi connectivity index (χ0) is 13.2. The summed E-state index contributed by atoms with van der Waals surface area (Å²) in [5.74, 6) is 6.58. The van der Waals surface area contributed by atoms with Crippen molar-refractivity contribution in [2.24, 2.45) is 5.73 Å². The number of nitrogens with two attached hydrogens (primary N) is 1. The molecule has 0 atom stereocenters. The normalized spacial score (nSPS) is 10.0. The zero-order valence-corrected chi connectivity index (χ0v) is 10.7. The number of likely N-dealkylation sites (N-methyl/N-ethyl adjacent to an activating group) is 1. The molecule has 0 saturated carbocycles. The highest BCUT2D eigenvalue weighted by Crippen LogP contribution is 2.12. The third kappa shape index (κ3) is 5.69. The van der Waals surface area contributed by atoms with E-state index in [4.69, 9.17) is 15.6 Å². The van der Waals surface area contributed by atoms with E-state index < -0.39 is 0 Å². The second-order valence-electron chi connectivity index (χ2n) is 3.91. The van der Waals surface area contributed by atoms with Gasteiger partial charge < -0.3 is 20.5 Å². The van der Waals surface area contributed by atoms with Crippen LogP contribution in [0, 0.1) is 11.8 Å². The van der Waals surface area contributed by atoms with E-state index in [-0.39, 0.29) is 6.61 Å². The van der Waals surface area contributed by atoms with Gasteiger partial charge in [0.05, 0.1) is 13.2 Å². The van der Waals surface area contributed by atoms with Crippen LogP contribution in [-0.2, 0) is 0 Å². The lowest BCUT2D eigenvalue weighted by atomic mass is 10.2. The first kappa shape index (κ1) is 14.5. The number of hydrogen-bond donors (Lipinski definition) is 2. The lowest BCUT2D eigenvalue weighted by Crippen LogP contribution is -2.27. The zero-order valence-electron chi connectivity index (χ0n) is 10.7. The molecule has 0 aromatic heterocycles. The van der Waals surface area contributed by atoms with Gasteiger partial charge in [-0.2, -0.15) is 0 Å². The van der Waals surface area contributed by atoms with Gasteiger partial charge in [-0.05, 0) is 25.2 Å². The molecular weight excluding hydrogens is 228 g/mol. The number of ether oxygens (including phenoxy) is 1. The van der Waals surface area contributed by atoms with Crippen molar-refractivity contribution in [3.63, 3.8) is 0 Å². The van der Waals surface area contributed by atoms with E-state index in [1.54, 1.807) is 0 Å². The Balaban J connectivity index is 2.42. The largest absolute Gasteiger partial charge is 0.492 e. The summed E-state index contributed by atoms with van der Waals surface area (Å²) in [6.07, 6.45) is 0. The van der Waals surface area contributed by atoms with Gasteiger partial charge in [-0.25, -0.2) is 0 Å². The Morgan fingerprint density at radius 2 is 2.22 bits per heavy atom. The fraction of sp³-hybridized carbons (Fsp3) is 0.429. The SMILES string of the molecule is CN(CCO)CCOc1cccc(C#CCN)c1. The molecule has 18 heavy (non-hydrogen) atoms. The Labute approximate surface area is 108 Å². The van der Waals surface area contributed by atoms with E-state index in [9.17, 15) is 0 Å². The number of aliphatic hydroxyl groups excluding tert-OH is 1. The summed E-state index contributed by atoms with van der Waals surface area (Å²) in [4.78, 5) is 2.01. The summed E-state index contributed by atoms with van der Waals surface area (Å²) in [5, 5.41) is 8.76.